The molecule has 0 saturated carbocycles. The van der Waals surface area contributed by atoms with Crippen LogP contribution in [-0.4, -0.2) is 27.6 Å². The maximum absolute atomic E-state index is 13.5. The molecule has 1 amide bonds. The molecule has 34 heavy (non-hydrogen) atoms. The second kappa shape index (κ2) is 8.04. The van der Waals surface area contributed by atoms with E-state index in [-0.39, 0.29) is 5.91 Å². The van der Waals surface area contributed by atoms with Gasteiger partial charge < -0.3 is 14.8 Å². The standard InChI is InChI=1S/C27H20N4O3/c1-33-25-14-13-24-29-21(16-31(24)30-25)17-7-6-8-18(15-17)28-27(32)26-19-9-2-4-11-22(19)34-23-12-5-3-10-20(23)26/h2-16,26H,1H3,(H,28,32). The highest BCUT2D eigenvalue weighted by atomic mass is 16.5. The third kappa shape index (κ3) is 3.44. The third-order valence-electron chi connectivity index (χ3n) is 5.87. The lowest BCUT2D eigenvalue weighted by Gasteiger charge is -2.27. The fourth-order valence-corrected chi connectivity index (χ4v) is 4.28. The van der Waals surface area contributed by atoms with E-state index < -0.39 is 5.92 Å². The maximum Gasteiger partial charge on any atom is 0.236 e. The molecule has 0 bridgehead atoms. The Balaban J connectivity index is 1.32. The Kier molecular flexibility index (Phi) is 4.73. The lowest BCUT2D eigenvalue weighted by Crippen LogP contribution is -2.25. The van der Waals surface area contributed by atoms with Gasteiger partial charge in [0.15, 0.2) is 5.65 Å². The summed E-state index contributed by atoms with van der Waals surface area (Å²) in [5, 5.41) is 7.46. The number of benzene rings is 3. The molecule has 0 spiro atoms. The van der Waals surface area contributed by atoms with E-state index in [4.69, 9.17) is 9.47 Å². The van der Waals surface area contributed by atoms with Gasteiger partial charge in [-0.15, -0.1) is 5.10 Å². The van der Waals surface area contributed by atoms with Crippen LogP contribution in [-0.2, 0) is 4.79 Å². The lowest BCUT2D eigenvalue weighted by atomic mass is 9.87. The zero-order chi connectivity index (χ0) is 23.1. The first-order valence-corrected chi connectivity index (χ1v) is 10.9. The zero-order valence-corrected chi connectivity index (χ0v) is 18.3. The third-order valence-corrected chi connectivity index (χ3v) is 5.87. The number of amides is 1. The number of para-hydroxylation sites is 2. The predicted octanol–water partition coefficient (Wildman–Crippen LogP) is 5.28. The van der Waals surface area contributed by atoms with Gasteiger partial charge in [-0.3, -0.25) is 4.79 Å². The van der Waals surface area contributed by atoms with Crippen molar-refractivity contribution in [2.75, 3.05) is 12.4 Å². The number of ether oxygens (including phenoxy) is 2. The van der Waals surface area contributed by atoms with E-state index in [2.05, 4.69) is 15.4 Å². The smallest absolute Gasteiger partial charge is 0.236 e. The van der Waals surface area contributed by atoms with Crippen LogP contribution >= 0.6 is 0 Å². The zero-order valence-electron chi connectivity index (χ0n) is 18.3. The predicted molar refractivity (Wildman–Crippen MR) is 128 cm³/mol. The first-order chi connectivity index (χ1) is 16.7. The number of hydrogen-bond acceptors (Lipinski definition) is 5. The van der Waals surface area contributed by atoms with Crippen molar-refractivity contribution in [2.45, 2.75) is 5.92 Å². The summed E-state index contributed by atoms with van der Waals surface area (Å²) in [4.78, 5) is 18.2. The summed E-state index contributed by atoms with van der Waals surface area (Å²) in [7, 11) is 1.58. The van der Waals surface area contributed by atoms with Crippen LogP contribution < -0.4 is 14.8 Å². The van der Waals surface area contributed by atoms with Crippen LogP contribution in [0.2, 0.25) is 0 Å². The van der Waals surface area contributed by atoms with Crippen molar-refractivity contribution in [3.63, 3.8) is 0 Å². The van der Waals surface area contributed by atoms with E-state index in [9.17, 15) is 4.79 Å². The molecule has 0 aliphatic carbocycles. The first kappa shape index (κ1) is 20.0. The van der Waals surface area contributed by atoms with Gasteiger partial charge >= 0.3 is 0 Å². The van der Waals surface area contributed by atoms with E-state index in [1.54, 1.807) is 17.7 Å². The molecule has 2 aromatic heterocycles. The molecule has 0 unspecified atom stereocenters. The second-order valence-electron chi connectivity index (χ2n) is 7.99. The van der Waals surface area contributed by atoms with Crippen LogP contribution in [0.3, 0.4) is 0 Å². The fraction of sp³-hybridized carbons (Fsp3) is 0.0741. The Bertz CT molecular complexity index is 1500. The Morgan fingerprint density at radius 2 is 1.68 bits per heavy atom. The van der Waals surface area contributed by atoms with Crippen LogP contribution in [0.4, 0.5) is 5.69 Å². The maximum atomic E-state index is 13.5. The molecule has 0 radical (unpaired) electrons. The minimum atomic E-state index is -0.475. The molecular formula is C27H20N4O3. The van der Waals surface area contributed by atoms with Gasteiger partial charge in [-0.05, 0) is 30.3 Å². The largest absolute Gasteiger partial charge is 0.480 e. The molecule has 0 atom stereocenters. The fourth-order valence-electron chi connectivity index (χ4n) is 4.28. The molecule has 7 nitrogen and oxygen atoms in total. The van der Waals surface area contributed by atoms with Gasteiger partial charge in [0.25, 0.3) is 0 Å². The topological polar surface area (TPSA) is 77.8 Å². The molecular weight excluding hydrogens is 428 g/mol. The quantitative estimate of drug-likeness (QED) is 0.405. The highest BCUT2D eigenvalue weighted by Crippen LogP contribution is 2.44. The molecule has 3 aromatic carbocycles. The first-order valence-electron chi connectivity index (χ1n) is 10.9. The van der Waals surface area contributed by atoms with Crippen molar-refractivity contribution >= 4 is 17.2 Å². The number of nitrogens with zero attached hydrogens (tertiary/aromatic N) is 3. The number of methoxy groups -OCH3 is 1. The summed E-state index contributed by atoms with van der Waals surface area (Å²) >= 11 is 0. The van der Waals surface area contributed by atoms with Crippen molar-refractivity contribution in [1.82, 2.24) is 14.6 Å². The van der Waals surface area contributed by atoms with E-state index in [0.717, 1.165) is 22.4 Å². The summed E-state index contributed by atoms with van der Waals surface area (Å²) in [5.74, 6) is 1.30. The van der Waals surface area contributed by atoms with Crippen molar-refractivity contribution in [2.24, 2.45) is 0 Å². The molecule has 7 heteroatoms. The van der Waals surface area contributed by atoms with Crippen molar-refractivity contribution in [1.29, 1.82) is 0 Å². The van der Waals surface area contributed by atoms with Crippen LogP contribution in [0.5, 0.6) is 17.4 Å². The van der Waals surface area contributed by atoms with E-state index >= 15 is 0 Å². The molecule has 0 saturated heterocycles. The monoisotopic (exact) mass is 448 g/mol. The normalized spacial score (nSPS) is 12.5. The molecule has 166 valence electrons. The number of fused-ring (bicyclic) bond motifs is 3. The summed E-state index contributed by atoms with van der Waals surface area (Å²) < 4.78 is 12.9. The summed E-state index contributed by atoms with van der Waals surface area (Å²) in [6, 6.07) is 26.5. The molecule has 6 rings (SSSR count). The molecule has 1 aliphatic rings. The molecule has 1 aliphatic heterocycles. The minimum Gasteiger partial charge on any atom is -0.480 e. The van der Waals surface area contributed by atoms with Gasteiger partial charge in [0.2, 0.25) is 11.8 Å². The molecule has 3 heterocycles. The molecule has 1 N–H and O–H groups in total. The van der Waals surface area contributed by atoms with Gasteiger partial charge in [-0.2, -0.15) is 0 Å². The highest BCUT2D eigenvalue weighted by Gasteiger charge is 2.32. The van der Waals surface area contributed by atoms with Gasteiger partial charge in [0.1, 0.15) is 11.5 Å². The summed E-state index contributed by atoms with van der Waals surface area (Å²) in [6.07, 6.45) is 1.84. The highest BCUT2D eigenvalue weighted by molar-refractivity contribution is 6.00. The van der Waals surface area contributed by atoms with Gasteiger partial charge in [0.05, 0.1) is 24.9 Å². The van der Waals surface area contributed by atoms with E-state index in [1.807, 2.05) is 85.1 Å². The molecule has 5 aromatic rings. The summed E-state index contributed by atoms with van der Waals surface area (Å²) in [5.41, 5.74) is 4.70. The average molecular weight is 448 g/mol. The van der Waals surface area contributed by atoms with Crippen LogP contribution in [0.25, 0.3) is 16.9 Å². The number of hydrogen-bond donors (Lipinski definition) is 1. The van der Waals surface area contributed by atoms with Gasteiger partial charge in [-0.25, -0.2) is 9.50 Å². The Morgan fingerprint density at radius 1 is 0.941 bits per heavy atom. The Morgan fingerprint density at radius 3 is 2.41 bits per heavy atom. The van der Waals surface area contributed by atoms with Crippen molar-refractivity contribution in [3.8, 4) is 28.6 Å². The van der Waals surface area contributed by atoms with Gasteiger partial charge in [-0.1, -0.05) is 48.5 Å². The van der Waals surface area contributed by atoms with Crippen LogP contribution in [0.1, 0.15) is 17.0 Å². The Hall–Kier alpha value is -4.65. The minimum absolute atomic E-state index is 0.123. The lowest BCUT2D eigenvalue weighted by molar-refractivity contribution is -0.116. The van der Waals surface area contributed by atoms with Crippen LogP contribution in [0, 0.1) is 0 Å². The van der Waals surface area contributed by atoms with Crippen molar-refractivity contribution in [3.05, 3.63) is 102 Å². The Labute approximate surface area is 195 Å². The number of aromatic nitrogens is 3. The van der Waals surface area contributed by atoms with Gasteiger partial charge in [0, 0.05) is 28.4 Å². The van der Waals surface area contributed by atoms with Crippen LogP contribution in [0.15, 0.2) is 91.1 Å². The SMILES string of the molecule is COc1ccc2nc(-c3cccc(NC(=O)C4c5ccccc5Oc5ccccc54)c3)cn2n1. The summed E-state index contributed by atoms with van der Waals surface area (Å²) in [6.45, 7) is 0. The number of imidazole rings is 1. The number of carbonyl (C=O) groups is 1. The number of nitrogens with one attached hydrogen (secondary N) is 1. The van der Waals surface area contributed by atoms with Crippen molar-refractivity contribution < 1.29 is 14.3 Å². The number of carbonyl (C=O) groups excluding carboxylic acids is 1. The number of anilines is 1. The number of rotatable bonds is 4. The van der Waals surface area contributed by atoms with E-state index in [1.165, 1.54) is 0 Å². The second-order valence-corrected chi connectivity index (χ2v) is 7.99. The van der Waals surface area contributed by atoms with E-state index in [0.29, 0.717) is 28.7 Å². The molecule has 0 fully saturated rings. The average Bonchev–Trinajstić information content (AvgIpc) is 3.31.